The number of amides is 1. The fourth-order valence-electron chi connectivity index (χ4n) is 1.84. The predicted octanol–water partition coefficient (Wildman–Crippen LogP) is 2.64. The second-order valence-corrected chi connectivity index (χ2v) is 4.49. The predicted molar refractivity (Wildman–Crippen MR) is 84.4 cm³/mol. The molecule has 1 amide bonds. The zero-order valence-corrected chi connectivity index (χ0v) is 12.4. The molecule has 0 bridgehead atoms. The first kappa shape index (κ1) is 15.3. The molecule has 1 heterocycles. The largest absolute Gasteiger partial charge is 0.481 e. The number of methoxy groups -OCH3 is 1. The summed E-state index contributed by atoms with van der Waals surface area (Å²) in [5.41, 5.74) is 1.89. The maximum atomic E-state index is 12.2. The van der Waals surface area contributed by atoms with Crippen LogP contribution in [0.1, 0.15) is 11.1 Å². The van der Waals surface area contributed by atoms with Crippen molar-refractivity contribution < 1.29 is 9.53 Å². The lowest BCUT2D eigenvalue weighted by molar-refractivity contribution is -0.113. The van der Waals surface area contributed by atoms with Gasteiger partial charge in [-0.3, -0.25) is 4.79 Å². The van der Waals surface area contributed by atoms with Gasteiger partial charge in [-0.15, -0.1) is 0 Å². The van der Waals surface area contributed by atoms with Gasteiger partial charge in [0.05, 0.1) is 30.6 Å². The van der Waals surface area contributed by atoms with Crippen molar-refractivity contribution in [2.45, 2.75) is 0 Å². The van der Waals surface area contributed by atoms with E-state index in [4.69, 9.17) is 10.00 Å². The van der Waals surface area contributed by atoms with Crippen LogP contribution in [0.4, 0.5) is 5.69 Å². The number of nitrogens with zero attached hydrogens (tertiary/aromatic N) is 3. The molecular formula is C17H15N3O2. The molecule has 0 radical (unpaired) electrons. The van der Waals surface area contributed by atoms with Gasteiger partial charge in [-0.25, -0.2) is 4.98 Å². The van der Waals surface area contributed by atoms with Crippen LogP contribution in [0.25, 0.3) is 6.08 Å². The molecule has 0 saturated carbocycles. The first-order valence-electron chi connectivity index (χ1n) is 6.60. The number of rotatable bonds is 4. The van der Waals surface area contributed by atoms with Gasteiger partial charge in [0, 0.05) is 19.2 Å². The summed E-state index contributed by atoms with van der Waals surface area (Å²) in [4.78, 5) is 17.7. The minimum atomic E-state index is -0.209. The Hall–Kier alpha value is -3.13. The Labute approximate surface area is 129 Å². The Morgan fingerprint density at radius 1 is 1.32 bits per heavy atom. The summed E-state index contributed by atoms with van der Waals surface area (Å²) in [6, 6.07) is 12.6. The van der Waals surface area contributed by atoms with Gasteiger partial charge in [-0.05, 0) is 23.8 Å². The summed E-state index contributed by atoms with van der Waals surface area (Å²) in [6.45, 7) is 0. The van der Waals surface area contributed by atoms with Crippen molar-refractivity contribution in [2.24, 2.45) is 0 Å². The van der Waals surface area contributed by atoms with Gasteiger partial charge in [-0.1, -0.05) is 18.2 Å². The summed E-state index contributed by atoms with van der Waals surface area (Å²) in [6.07, 6.45) is 4.63. The summed E-state index contributed by atoms with van der Waals surface area (Å²) in [7, 11) is 3.19. The number of hydrogen-bond donors (Lipinski definition) is 0. The topological polar surface area (TPSA) is 66.2 Å². The molecule has 0 N–H and O–H groups in total. The van der Waals surface area contributed by atoms with E-state index in [-0.39, 0.29) is 5.91 Å². The molecular weight excluding hydrogens is 278 g/mol. The molecule has 0 fully saturated rings. The molecule has 110 valence electrons. The molecule has 2 rings (SSSR count). The van der Waals surface area contributed by atoms with E-state index in [0.29, 0.717) is 22.7 Å². The summed E-state index contributed by atoms with van der Waals surface area (Å²) < 4.78 is 4.98. The molecule has 0 aliphatic rings. The van der Waals surface area contributed by atoms with Crippen LogP contribution in [0.2, 0.25) is 0 Å². The SMILES string of the molecule is COc1ccc(N(C)C(=O)/C=C/c2ccccc2C#N)cn1. The van der Waals surface area contributed by atoms with E-state index in [9.17, 15) is 4.79 Å². The minimum Gasteiger partial charge on any atom is -0.481 e. The molecule has 0 aliphatic heterocycles. The first-order chi connectivity index (χ1) is 10.7. The highest BCUT2D eigenvalue weighted by Crippen LogP contribution is 2.16. The number of carbonyl (C=O) groups excluding carboxylic acids is 1. The number of carbonyl (C=O) groups is 1. The number of aromatic nitrogens is 1. The zero-order chi connectivity index (χ0) is 15.9. The number of pyridine rings is 1. The van der Waals surface area contributed by atoms with Gasteiger partial charge in [0.15, 0.2) is 0 Å². The molecule has 22 heavy (non-hydrogen) atoms. The van der Waals surface area contributed by atoms with Crippen LogP contribution in [-0.2, 0) is 4.79 Å². The van der Waals surface area contributed by atoms with Crippen molar-refractivity contribution in [3.05, 3.63) is 59.8 Å². The van der Waals surface area contributed by atoms with Crippen LogP contribution in [-0.4, -0.2) is 25.0 Å². The quantitative estimate of drug-likeness (QED) is 0.813. The number of benzene rings is 1. The second-order valence-electron chi connectivity index (χ2n) is 4.49. The van der Waals surface area contributed by atoms with Crippen LogP contribution in [0.3, 0.4) is 0 Å². The molecule has 5 heteroatoms. The van der Waals surface area contributed by atoms with Gasteiger partial charge < -0.3 is 9.64 Å². The minimum absolute atomic E-state index is 0.209. The number of nitriles is 1. The third kappa shape index (κ3) is 3.49. The van der Waals surface area contributed by atoms with Crippen molar-refractivity contribution in [3.63, 3.8) is 0 Å². The van der Waals surface area contributed by atoms with Crippen LogP contribution < -0.4 is 9.64 Å². The first-order valence-corrected chi connectivity index (χ1v) is 6.60. The zero-order valence-electron chi connectivity index (χ0n) is 12.4. The third-order valence-electron chi connectivity index (χ3n) is 3.13. The Morgan fingerprint density at radius 3 is 2.73 bits per heavy atom. The van der Waals surface area contributed by atoms with Crippen molar-refractivity contribution in [3.8, 4) is 11.9 Å². The van der Waals surface area contributed by atoms with Gasteiger partial charge in [-0.2, -0.15) is 5.26 Å². The van der Waals surface area contributed by atoms with Crippen LogP contribution in [0.5, 0.6) is 5.88 Å². The lowest BCUT2D eigenvalue weighted by Gasteiger charge is -2.14. The van der Waals surface area contributed by atoms with Crippen molar-refractivity contribution >= 4 is 17.7 Å². The third-order valence-corrected chi connectivity index (χ3v) is 3.13. The van der Waals surface area contributed by atoms with E-state index < -0.39 is 0 Å². The summed E-state index contributed by atoms with van der Waals surface area (Å²) in [5.74, 6) is 0.280. The Kier molecular flexibility index (Phi) is 4.89. The van der Waals surface area contributed by atoms with Crippen molar-refractivity contribution in [1.29, 1.82) is 5.26 Å². The monoisotopic (exact) mass is 293 g/mol. The lowest BCUT2D eigenvalue weighted by Crippen LogP contribution is -2.24. The Bertz CT molecular complexity index is 730. The van der Waals surface area contributed by atoms with E-state index in [1.165, 1.54) is 18.1 Å². The molecule has 2 aromatic rings. The highest BCUT2D eigenvalue weighted by atomic mass is 16.5. The van der Waals surface area contributed by atoms with Crippen molar-refractivity contribution in [1.82, 2.24) is 4.98 Å². The van der Waals surface area contributed by atoms with Crippen LogP contribution in [0.15, 0.2) is 48.7 Å². The smallest absolute Gasteiger partial charge is 0.250 e. The number of likely N-dealkylation sites (N-methyl/N-ethyl adjacent to an activating group) is 1. The number of anilines is 1. The fourth-order valence-corrected chi connectivity index (χ4v) is 1.84. The molecule has 1 aromatic carbocycles. The average Bonchev–Trinajstić information content (AvgIpc) is 2.59. The summed E-state index contributed by atoms with van der Waals surface area (Å²) in [5, 5.41) is 9.02. The molecule has 0 unspecified atom stereocenters. The molecule has 0 spiro atoms. The van der Waals surface area contributed by atoms with E-state index in [0.717, 1.165) is 0 Å². The molecule has 1 aromatic heterocycles. The highest BCUT2D eigenvalue weighted by Gasteiger charge is 2.08. The lowest BCUT2D eigenvalue weighted by atomic mass is 10.1. The molecule has 0 saturated heterocycles. The number of hydrogen-bond acceptors (Lipinski definition) is 4. The molecule has 5 nitrogen and oxygen atoms in total. The van der Waals surface area contributed by atoms with E-state index in [2.05, 4.69) is 11.1 Å². The highest BCUT2D eigenvalue weighted by molar-refractivity contribution is 6.03. The standard InChI is InChI=1S/C17H15N3O2/c1-20(15-8-9-16(22-2)19-12-15)17(21)10-7-13-5-3-4-6-14(13)11-18/h3-10,12H,1-2H3/b10-7+. The fraction of sp³-hybridized carbons (Fsp3) is 0.118. The Balaban J connectivity index is 2.13. The van der Waals surface area contributed by atoms with Gasteiger partial charge in [0.2, 0.25) is 5.88 Å². The van der Waals surface area contributed by atoms with Gasteiger partial charge in [0.1, 0.15) is 0 Å². The van der Waals surface area contributed by atoms with E-state index >= 15 is 0 Å². The van der Waals surface area contributed by atoms with Crippen LogP contribution >= 0.6 is 0 Å². The summed E-state index contributed by atoms with van der Waals surface area (Å²) >= 11 is 0. The average molecular weight is 293 g/mol. The van der Waals surface area contributed by atoms with Crippen LogP contribution in [0, 0.1) is 11.3 Å². The maximum Gasteiger partial charge on any atom is 0.250 e. The molecule has 0 atom stereocenters. The molecule has 0 aliphatic carbocycles. The normalized spacial score (nSPS) is 10.2. The number of ether oxygens (including phenoxy) is 1. The van der Waals surface area contributed by atoms with Gasteiger partial charge in [0.25, 0.3) is 5.91 Å². The van der Waals surface area contributed by atoms with E-state index in [1.54, 1.807) is 49.7 Å². The Morgan fingerprint density at radius 2 is 2.09 bits per heavy atom. The van der Waals surface area contributed by atoms with E-state index in [1.807, 2.05) is 6.07 Å². The van der Waals surface area contributed by atoms with Gasteiger partial charge >= 0.3 is 0 Å². The maximum absolute atomic E-state index is 12.2. The second kappa shape index (κ2) is 7.04. The van der Waals surface area contributed by atoms with Crippen molar-refractivity contribution in [2.75, 3.05) is 19.1 Å².